The molecule has 1 aliphatic rings. The molecule has 1 aromatic heterocycles. The molecule has 0 atom stereocenters. The molecular weight excluding hydrogens is 212 g/mol. The van der Waals surface area contributed by atoms with Crippen molar-refractivity contribution in [1.29, 1.82) is 5.26 Å². The fourth-order valence-electron chi connectivity index (χ4n) is 2.02. The number of nitriles is 1. The van der Waals surface area contributed by atoms with Crippen molar-refractivity contribution in [3.8, 4) is 6.07 Å². The standard InChI is InChI=1S/C13H14N4/c14-7-13(3-4-13)8-15-6-10-1-2-11-12(5-10)17-9-16-11/h1-2,5,9,15H,3-4,6,8H2,(H,16,17). The molecule has 0 unspecified atom stereocenters. The lowest BCUT2D eigenvalue weighted by Crippen LogP contribution is -2.22. The third-order valence-electron chi connectivity index (χ3n) is 3.37. The van der Waals surface area contributed by atoms with E-state index in [1.54, 1.807) is 6.33 Å². The quantitative estimate of drug-likeness (QED) is 0.837. The highest BCUT2D eigenvalue weighted by molar-refractivity contribution is 5.74. The number of H-pyrrole nitrogens is 1. The van der Waals surface area contributed by atoms with Crippen LogP contribution in [0.1, 0.15) is 18.4 Å². The van der Waals surface area contributed by atoms with Gasteiger partial charge < -0.3 is 10.3 Å². The molecule has 2 aromatic rings. The second-order valence-corrected chi connectivity index (χ2v) is 4.75. The van der Waals surface area contributed by atoms with E-state index in [0.717, 1.165) is 37.0 Å². The number of aromatic amines is 1. The summed E-state index contributed by atoms with van der Waals surface area (Å²) in [5.41, 5.74) is 3.20. The predicted octanol–water partition coefficient (Wildman–Crippen LogP) is 1.96. The van der Waals surface area contributed by atoms with Crippen LogP contribution >= 0.6 is 0 Å². The van der Waals surface area contributed by atoms with Crippen LogP contribution in [-0.4, -0.2) is 16.5 Å². The van der Waals surface area contributed by atoms with Gasteiger partial charge in [0.2, 0.25) is 0 Å². The van der Waals surface area contributed by atoms with E-state index in [-0.39, 0.29) is 5.41 Å². The zero-order chi connectivity index (χ0) is 11.7. The maximum Gasteiger partial charge on any atom is 0.0931 e. The largest absolute Gasteiger partial charge is 0.345 e. The number of nitrogens with zero attached hydrogens (tertiary/aromatic N) is 2. The molecule has 0 amide bonds. The fourth-order valence-corrected chi connectivity index (χ4v) is 2.02. The topological polar surface area (TPSA) is 64.5 Å². The molecule has 0 radical (unpaired) electrons. The number of rotatable bonds is 4. The van der Waals surface area contributed by atoms with Crippen molar-refractivity contribution in [3.05, 3.63) is 30.1 Å². The van der Waals surface area contributed by atoms with Crippen LogP contribution in [0.3, 0.4) is 0 Å². The smallest absolute Gasteiger partial charge is 0.0931 e. The van der Waals surface area contributed by atoms with Gasteiger partial charge in [-0.2, -0.15) is 5.26 Å². The normalized spacial score (nSPS) is 16.9. The predicted molar refractivity (Wildman–Crippen MR) is 65.1 cm³/mol. The Balaban J connectivity index is 1.63. The SMILES string of the molecule is N#CC1(CNCc2ccc3nc[nH]c3c2)CC1. The molecule has 1 heterocycles. The third-order valence-corrected chi connectivity index (χ3v) is 3.37. The molecule has 3 rings (SSSR count). The minimum absolute atomic E-state index is 0.0713. The van der Waals surface area contributed by atoms with E-state index >= 15 is 0 Å². The lowest BCUT2D eigenvalue weighted by Gasteiger charge is -2.07. The molecule has 0 aliphatic heterocycles. The lowest BCUT2D eigenvalue weighted by molar-refractivity contribution is 0.558. The van der Waals surface area contributed by atoms with Crippen LogP contribution in [0.25, 0.3) is 11.0 Å². The summed E-state index contributed by atoms with van der Waals surface area (Å²) >= 11 is 0. The Labute approximate surface area is 99.7 Å². The molecule has 1 saturated carbocycles. The Hall–Kier alpha value is -1.86. The van der Waals surface area contributed by atoms with Crippen LogP contribution in [0, 0.1) is 16.7 Å². The first-order valence-corrected chi connectivity index (χ1v) is 5.85. The summed E-state index contributed by atoms with van der Waals surface area (Å²) in [4.78, 5) is 7.28. The molecular formula is C13H14N4. The fraction of sp³-hybridized carbons (Fsp3) is 0.385. The Bertz CT molecular complexity index is 574. The third kappa shape index (κ3) is 2.02. The van der Waals surface area contributed by atoms with Gasteiger partial charge in [0.15, 0.2) is 0 Å². The van der Waals surface area contributed by atoms with E-state index in [1.807, 2.05) is 6.07 Å². The molecule has 0 bridgehead atoms. The number of aromatic nitrogens is 2. The number of imidazole rings is 1. The van der Waals surface area contributed by atoms with Crippen LogP contribution in [0.2, 0.25) is 0 Å². The van der Waals surface area contributed by atoms with E-state index in [4.69, 9.17) is 5.26 Å². The van der Waals surface area contributed by atoms with Crippen molar-refractivity contribution in [2.24, 2.45) is 5.41 Å². The minimum Gasteiger partial charge on any atom is -0.345 e. The molecule has 86 valence electrons. The highest BCUT2D eigenvalue weighted by atomic mass is 14.9. The Morgan fingerprint density at radius 2 is 2.35 bits per heavy atom. The number of hydrogen-bond donors (Lipinski definition) is 2. The maximum absolute atomic E-state index is 8.96. The first-order chi connectivity index (χ1) is 8.31. The first kappa shape index (κ1) is 10.3. The van der Waals surface area contributed by atoms with Gasteiger partial charge in [-0.25, -0.2) is 4.98 Å². The van der Waals surface area contributed by atoms with Gasteiger partial charge in [0.05, 0.1) is 28.8 Å². The van der Waals surface area contributed by atoms with E-state index in [1.165, 1.54) is 5.56 Å². The van der Waals surface area contributed by atoms with E-state index in [2.05, 4.69) is 33.5 Å². The summed E-state index contributed by atoms with van der Waals surface area (Å²) in [6.45, 7) is 1.60. The van der Waals surface area contributed by atoms with E-state index < -0.39 is 0 Å². The lowest BCUT2D eigenvalue weighted by atomic mass is 10.1. The summed E-state index contributed by atoms with van der Waals surface area (Å²) in [6.07, 6.45) is 3.78. The number of fused-ring (bicyclic) bond motifs is 1. The van der Waals surface area contributed by atoms with Crippen molar-refractivity contribution in [2.75, 3.05) is 6.54 Å². The highest BCUT2D eigenvalue weighted by Crippen LogP contribution is 2.44. The van der Waals surface area contributed by atoms with Crippen molar-refractivity contribution in [1.82, 2.24) is 15.3 Å². The van der Waals surface area contributed by atoms with Crippen molar-refractivity contribution >= 4 is 11.0 Å². The second kappa shape index (κ2) is 3.86. The van der Waals surface area contributed by atoms with Gasteiger partial charge in [0.25, 0.3) is 0 Å². The second-order valence-electron chi connectivity index (χ2n) is 4.75. The average molecular weight is 226 g/mol. The van der Waals surface area contributed by atoms with Crippen LogP contribution < -0.4 is 5.32 Å². The average Bonchev–Trinajstić information content (AvgIpc) is 2.98. The van der Waals surface area contributed by atoms with E-state index in [9.17, 15) is 0 Å². The molecule has 4 nitrogen and oxygen atoms in total. The summed E-state index contributed by atoms with van der Waals surface area (Å²) < 4.78 is 0. The Morgan fingerprint density at radius 3 is 3.12 bits per heavy atom. The summed E-state index contributed by atoms with van der Waals surface area (Å²) in [6, 6.07) is 8.57. The molecule has 4 heteroatoms. The summed E-state index contributed by atoms with van der Waals surface area (Å²) in [7, 11) is 0. The van der Waals surface area contributed by atoms with E-state index in [0.29, 0.717) is 0 Å². The molecule has 0 spiro atoms. The molecule has 17 heavy (non-hydrogen) atoms. The zero-order valence-electron chi connectivity index (χ0n) is 9.53. The maximum atomic E-state index is 8.96. The van der Waals surface area contributed by atoms with Gasteiger partial charge in [-0.3, -0.25) is 0 Å². The molecule has 1 aromatic carbocycles. The van der Waals surface area contributed by atoms with Crippen LogP contribution in [0.5, 0.6) is 0 Å². The van der Waals surface area contributed by atoms with Gasteiger partial charge in [-0.15, -0.1) is 0 Å². The van der Waals surface area contributed by atoms with Crippen LogP contribution in [0.15, 0.2) is 24.5 Å². The summed E-state index contributed by atoms with van der Waals surface area (Å²) in [5.74, 6) is 0. The van der Waals surface area contributed by atoms with Crippen LogP contribution in [-0.2, 0) is 6.54 Å². The summed E-state index contributed by atoms with van der Waals surface area (Å²) in [5, 5.41) is 12.3. The van der Waals surface area contributed by atoms with Crippen molar-refractivity contribution in [2.45, 2.75) is 19.4 Å². The van der Waals surface area contributed by atoms with Gasteiger partial charge in [0, 0.05) is 13.1 Å². The highest BCUT2D eigenvalue weighted by Gasteiger charge is 2.42. The minimum atomic E-state index is -0.0713. The van der Waals surface area contributed by atoms with Gasteiger partial charge in [-0.1, -0.05) is 6.07 Å². The number of nitrogens with one attached hydrogen (secondary N) is 2. The van der Waals surface area contributed by atoms with Crippen molar-refractivity contribution < 1.29 is 0 Å². The number of benzene rings is 1. The molecule has 1 fully saturated rings. The van der Waals surface area contributed by atoms with Crippen molar-refractivity contribution in [3.63, 3.8) is 0 Å². The van der Waals surface area contributed by atoms with Crippen LogP contribution in [0.4, 0.5) is 0 Å². The number of hydrogen-bond acceptors (Lipinski definition) is 3. The monoisotopic (exact) mass is 226 g/mol. The Morgan fingerprint density at radius 1 is 1.47 bits per heavy atom. The molecule has 1 aliphatic carbocycles. The zero-order valence-corrected chi connectivity index (χ0v) is 9.53. The van der Waals surface area contributed by atoms with Gasteiger partial charge in [-0.05, 0) is 30.5 Å². The first-order valence-electron chi connectivity index (χ1n) is 5.85. The van der Waals surface area contributed by atoms with Gasteiger partial charge >= 0.3 is 0 Å². The molecule has 0 saturated heterocycles. The van der Waals surface area contributed by atoms with Gasteiger partial charge in [0.1, 0.15) is 0 Å². The Kier molecular flexibility index (Phi) is 2.34. The molecule has 2 N–H and O–H groups in total.